The zero-order valence-corrected chi connectivity index (χ0v) is 14.5. The Labute approximate surface area is 132 Å². The first kappa shape index (κ1) is 16.3. The van der Waals surface area contributed by atoms with E-state index < -0.39 is 0 Å². The number of nitrogens with one attached hydrogen (secondary N) is 1. The third-order valence-electron chi connectivity index (χ3n) is 4.38. The molecular formula is C16H27ClN2S. The van der Waals surface area contributed by atoms with Crippen LogP contribution in [-0.2, 0) is 0 Å². The Morgan fingerprint density at radius 2 is 2.05 bits per heavy atom. The van der Waals surface area contributed by atoms with Crippen molar-refractivity contribution in [3.8, 4) is 0 Å². The highest BCUT2D eigenvalue weighted by Gasteiger charge is 2.38. The Morgan fingerprint density at radius 1 is 1.35 bits per heavy atom. The number of nitrogens with zero attached hydrogens (tertiary/aromatic N) is 1. The molecule has 1 atom stereocenters. The summed E-state index contributed by atoms with van der Waals surface area (Å²) in [5.74, 6) is 0. The maximum Gasteiger partial charge on any atom is 0.0611 e. The lowest BCUT2D eigenvalue weighted by Gasteiger charge is -2.46. The molecule has 0 bridgehead atoms. The number of hydrogen-bond donors (Lipinski definition) is 1. The molecule has 1 unspecified atom stereocenters. The summed E-state index contributed by atoms with van der Waals surface area (Å²) in [6, 6.07) is 2.34. The van der Waals surface area contributed by atoms with Crippen LogP contribution in [0.2, 0.25) is 5.02 Å². The number of thiophene rings is 1. The maximum atomic E-state index is 6.41. The second-order valence-electron chi connectivity index (χ2n) is 6.22. The molecule has 0 aromatic carbocycles. The summed E-state index contributed by atoms with van der Waals surface area (Å²) in [5.41, 5.74) is 0.101. The van der Waals surface area contributed by atoms with Crippen molar-refractivity contribution in [3.63, 3.8) is 0 Å². The molecule has 114 valence electrons. The molecule has 1 fully saturated rings. The van der Waals surface area contributed by atoms with Gasteiger partial charge in [-0.05, 0) is 64.2 Å². The van der Waals surface area contributed by atoms with Gasteiger partial charge in [0.05, 0.1) is 11.1 Å². The summed E-state index contributed by atoms with van der Waals surface area (Å²) in [6.45, 7) is 10.4. The van der Waals surface area contributed by atoms with E-state index in [9.17, 15) is 0 Å². The second-order valence-corrected chi connectivity index (χ2v) is 7.58. The van der Waals surface area contributed by atoms with Crippen molar-refractivity contribution in [3.05, 3.63) is 21.3 Å². The summed E-state index contributed by atoms with van der Waals surface area (Å²) in [7, 11) is 0. The lowest BCUT2D eigenvalue weighted by molar-refractivity contribution is 0.0619. The highest BCUT2D eigenvalue weighted by Crippen LogP contribution is 2.39. The minimum atomic E-state index is 0.101. The first-order valence-electron chi connectivity index (χ1n) is 7.78. The lowest BCUT2D eigenvalue weighted by atomic mass is 9.89. The molecule has 0 amide bonds. The van der Waals surface area contributed by atoms with Gasteiger partial charge in [0, 0.05) is 10.4 Å². The van der Waals surface area contributed by atoms with Crippen LogP contribution in [0.3, 0.4) is 0 Å². The highest BCUT2D eigenvalue weighted by atomic mass is 35.5. The third kappa shape index (κ3) is 3.56. The zero-order chi connectivity index (χ0) is 14.6. The predicted octanol–water partition coefficient (Wildman–Crippen LogP) is 4.71. The summed E-state index contributed by atoms with van der Waals surface area (Å²) in [5, 5.41) is 6.75. The van der Waals surface area contributed by atoms with Crippen molar-refractivity contribution in [1.29, 1.82) is 0 Å². The van der Waals surface area contributed by atoms with Crippen LogP contribution in [0.5, 0.6) is 0 Å². The Bertz CT molecular complexity index is 410. The molecule has 0 saturated carbocycles. The largest absolute Gasteiger partial charge is 0.308 e. The topological polar surface area (TPSA) is 15.3 Å². The number of halogens is 1. The van der Waals surface area contributed by atoms with Gasteiger partial charge in [-0.15, -0.1) is 11.3 Å². The van der Waals surface area contributed by atoms with Crippen molar-refractivity contribution in [2.45, 2.75) is 58.0 Å². The van der Waals surface area contributed by atoms with Gasteiger partial charge in [0.25, 0.3) is 0 Å². The van der Waals surface area contributed by atoms with E-state index in [2.05, 4.69) is 36.4 Å². The molecule has 1 aliphatic rings. The summed E-state index contributed by atoms with van der Waals surface area (Å²) in [6.07, 6.45) is 5.17. The van der Waals surface area contributed by atoms with Crippen LogP contribution in [0.4, 0.5) is 0 Å². The molecule has 2 nitrogen and oxygen atoms in total. The van der Waals surface area contributed by atoms with Crippen LogP contribution < -0.4 is 5.32 Å². The third-order valence-corrected chi connectivity index (χ3v) is 5.81. The molecule has 1 aromatic heterocycles. The molecule has 2 heterocycles. The molecule has 4 heteroatoms. The minimum Gasteiger partial charge on any atom is -0.308 e. The van der Waals surface area contributed by atoms with Crippen molar-refractivity contribution >= 4 is 22.9 Å². The summed E-state index contributed by atoms with van der Waals surface area (Å²) < 4.78 is 0. The van der Waals surface area contributed by atoms with E-state index in [-0.39, 0.29) is 5.54 Å². The fourth-order valence-electron chi connectivity index (χ4n) is 3.12. The summed E-state index contributed by atoms with van der Waals surface area (Å²) in [4.78, 5) is 3.93. The van der Waals surface area contributed by atoms with E-state index in [4.69, 9.17) is 11.6 Å². The fourth-order valence-corrected chi connectivity index (χ4v) is 4.54. The van der Waals surface area contributed by atoms with Crippen molar-refractivity contribution in [2.24, 2.45) is 0 Å². The van der Waals surface area contributed by atoms with E-state index in [1.54, 1.807) is 11.3 Å². The monoisotopic (exact) mass is 314 g/mol. The molecular weight excluding hydrogens is 288 g/mol. The number of hydrogen-bond acceptors (Lipinski definition) is 3. The Hall–Kier alpha value is -0.0900. The molecule has 2 rings (SSSR count). The highest BCUT2D eigenvalue weighted by molar-refractivity contribution is 7.10. The average Bonchev–Trinajstić information content (AvgIpc) is 2.86. The summed E-state index contributed by atoms with van der Waals surface area (Å²) >= 11 is 8.19. The second kappa shape index (κ2) is 7.26. The quantitative estimate of drug-likeness (QED) is 0.818. The fraction of sp³-hybridized carbons (Fsp3) is 0.750. The normalized spacial score (nSPS) is 19.2. The standard InChI is InChI=1S/C16H27ClN2S/c1-4-9-18-15(14-13(17)8-12-20-14)16(2,3)19-10-6-5-7-11-19/h8,12,15,18H,4-7,9-11H2,1-3H3. The van der Waals surface area contributed by atoms with E-state index in [1.165, 1.54) is 37.2 Å². The lowest BCUT2D eigenvalue weighted by Crippen LogP contribution is -2.54. The average molecular weight is 315 g/mol. The van der Waals surface area contributed by atoms with Crippen LogP contribution >= 0.6 is 22.9 Å². The number of rotatable bonds is 6. The number of piperidine rings is 1. The Morgan fingerprint density at radius 3 is 2.60 bits per heavy atom. The Balaban J connectivity index is 2.22. The van der Waals surface area contributed by atoms with Gasteiger partial charge in [0.1, 0.15) is 0 Å². The Kier molecular flexibility index (Phi) is 5.91. The van der Waals surface area contributed by atoms with Crippen molar-refractivity contribution in [2.75, 3.05) is 19.6 Å². The molecule has 1 aromatic rings. The van der Waals surface area contributed by atoms with Crippen LogP contribution in [0.1, 0.15) is 57.4 Å². The smallest absolute Gasteiger partial charge is 0.0611 e. The predicted molar refractivity (Wildman–Crippen MR) is 89.9 cm³/mol. The molecule has 0 spiro atoms. The van der Waals surface area contributed by atoms with E-state index in [0.29, 0.717) is 6.04 Å². The maximum absolute atomic E-state index is 6.41. The first-order valence-corrected chi connectivity index (χ1v) is 9.04. The van der Waals surface area contributed by atoms with Crippen molar-refractivity contribution < 1.29 is 0 Å². The van der Waals surface area contributed by atoms with E-state index in [1.807, 2.05) is 6.07 Å². The molecule has 1 N–H and O–H groups in total. The molecule has 1 aliphatic heterocycles. The molecule has 0 aliphatic carbocycles. The van der Waals surface area contributed by atoms with Gasteiger partial charge in [-0.2, -0.15) is 0 Å². The van der Waals surface area contributed by atoms with Gasteiger partial charge < -0.3 is 5.32 Å². The van der Waals surface area contributed by atoms with Crippen molar-refractivity contribution in [1.82, 2.24) is 10.2 Å². The van der Waals surface area contributed by atoms with Gasteiger partial charge in [-0.25, -0.2) is 0 Å². The molecule has 20 heavy (non-hydrogen) atoms. The SMILES string of the molecule is CCCNC(c1sccc1Cl)C(C)(C)N1CCCCC1. The van der Waals surface area contributed by atoms with E-state index in [0.717, 1.165) is 18.0 Å². The van der Waals surface area contributed by atoms with Crippen LogP contribution in [0.15, 0.2) is 11.4 Å². The minimum absolute atomic E-state index is 0.101. The molecule has 0 radical (unpaired) electrons. The zero-order valence-electron chi connectivity index (χ0n) is 12.9. The van der Waals surface area contributed by atoms with Gasteiger partial charge in [0.15, 0.2) is 0 Å². The van der Waals surface area contributed by atoms with Gasteiger partial charge >= 0.3 is 0 Å². The first-order chi connectivity index (χ1) is 9.57. The molecule has 1 saturated heterocycles. The van der Waals surface area contributed by atoms with Crippen LogP contribution in [-0.4, -0.2) is 30.1 Å². The van der Waals surface area contributed by atoms with Crippen LogP contribution in [0, 0.1) is 0 Å². The van der Waals surface area contributed by atoms with Gasteiger partial charge in [-0.1, -0.05) is 24.9 Å². The van der Waals surface area contributed by atoms with E-state index >= 15 is 0 Å². The van der Waals surface area contributed by atoms with Gasteiger partial charge in [-0.3, -0.25) is 4.90 Å². The van der Waals surface area contributed by atoms with Crippen LogP contribution in [0.25, 0.3) is 0 Å². The van der Waals surface area contributed by atoms with Gasteiger partial charge in [0.2, 0.25) is 0 Å². The number of likely N-dealkylation sites (tertiary alicyclic amines) is 1.